The molecule has 0 saturated carbocycles. The summed E-state index contributed by atoms with van der Waals surface area (Å²) in [6.07, 6.45) is 3.31. The van der Waals surface area contributed by atoms with Crippen molar-refractivity contribution >= 4 is 22.7 Å². The van der Waals surface area contributed by atoms with Crippen LogP contribution in [-0.2, 0) is 0 Å². The zero-order valence-corrected chi connectivity index (χ0v) is 13.4. The van der Waals surface area contributed by atoms with E-state index in [0.29, 0.717) is 0 Å². The fourth-order valence-corrected chi connectivity index (χ4v) is 2.48. The maximum atomic E-state index is 4.78. The van der Waals surface area contributed by atoms with E-state index in [0.717, 1.165) is 61.6 Å². The van der Waals surface area contributed by atoms with Crippen LogP contribution in [0.5, 0.6) is 0 Å². The fraction of sp³-hybridized carbons (Fsp3) is 0.529. The Hall–Kier alpha value is -1.84. The summed E-state index contributed by atoms with van der Waals surface area (Å²) >= 11 is 0. The lowest BCUT2D eigenvalue weighted by atomic mass is 10.2. The van der Waals surface area contributed by atoms with Crippen LogP contribution in [0.25, 0.3) is 10.9 Å². The van der Waals surface area contributed by atoms with Gasteiger partial charge in [-0.05, 0) is 31.4 Å². The minimum Gasteiger partial charge on any atom is -0.356 e. The van der Waals surface area contributed by atoms with Crippen LogP contribution in [0.15, 0.2) is 24.3 Å². The summed E-state index contributed by atoms with van der Waals surface area (Å²) < 4.78 is 0. The van der Waals surface area contributed by atoms with Gasteiger partial charge in [0.15, 0.2) is 0 Å². The molecule has 1 aromatic carbocycles. The Morgan fingerprint density at radius 3 is 2.33 bits per heavy atom. The zero-order chi connectivity index (χ0) is 15.1. The van der Waals surface area contributed by atoms with Crippen LogP contribution in [0.4, 0.5) is 11.8 Å². The number of aromatic nitrogens is 2. The lowest BCUT2D eigenvalue weighted by Crippen LogP contribution is -2.26. The molecule has 0 amide bonds. The van der Waals surface area contributed by atoms with Gasteiger partial charge in [-0.3, -0.25) is 0 Å². The van der Waals surface area contributed by atoms with Gasteiger partial charge in [0.05, 0.1) is 5.52 Å². The summed E-state index contributed by atoms with van der Waals surface area (Å²) in [6.45, 7) is 9.53. The van der Waals surface area contributed by atoms with Crippen molar-refractivity contribution in [2.45, 2.75) is 40.0 Å². The minimum absolute atomic E-state index is 0.739. The largest absolute Gasteiger partial charge is 0.356 e. The number of hydrogen-bond donors (Lipinski definition) is 1. The number of para-hydroxylation sites is 1. The van der Waals surface area contributed by atoms with E-state index >= 15 is 0 Å². The maximum Gasteiger partial charge on any atom is 0.225 e. The van der Waals surface area contributed by atoms with Crippen molar-refractivity contribution in [3.63, 3.8) is 0 Å². The first-order valence-corrected chi connectivity index (χ1v) is 8.05. The lowest BCUT2D eigenvalue weighted by molar-refractivity contribution is 0.736. The van der Waals surface area contributed by atoms with Crippen LogP contribution in [-0.4, -0.2) is 29.6 Å². The van der Waals surface area contributed by atoms with Crippen molar-refractivity contribution in [1.82, 2.24) is 9.97 Å². The predicted octanol–water partition coefficient (Wildman–Crippen LogP) is 4.08. The van der Waals surface area contributed by atoms with Crippen molar-refractivity contribution < 1.29 is 0 Å². The molecule has 0 unspecified atom stereocenters. The number of benzene rings is 1. The molecule has 0 spiro atoms. The topological polar surface area (TPSA) is 41.1 Å². The van der Waals surface area contributed by atoms with Crippen molar-refractivity contribution in [1.29, 1.82) is 0 Å². The fourth-order valence-electron chi connectivity index (χ4n) is 2.48. The van der Waals surface area contributed by atoms with E-state index in [9.17, 15) is 0 Å². The first kappa shape index (κ1) is 15.5. The normalized spacial score (nSPS) is 10.8. The van der Waals surface area contributed by atoms with Gasteiger partial charge in [-0.15, -0.1) is 0 Å². The van der Waals surface area contributed by atoms with Gasteiger partial charge in [-0.25, -0.2) is 4.98 Å². The molecule has 4 heteroatoms. The molecular formula is C17H26N4. The summed E-state index contributed by atoms with van der Waals surface area (Å²) in [7, 11) is 0. The van der Waals surface area contributed by atoms with Crippen LogP contribution in [0.3, 0.4) is 0 Å². The second-order valence-corrected chi connectivity index (χ2v) is 5.30. The van der Waals surface area contributed by atoms with E-state index < -0.39 is 0 Å². The SMILES string of the molecule is CCCNc1nc(N(CCC)CCC)c2ccccc2n1. The van der Waals surface area contributed by atoms with E-state index in [1.165, 1.54) is 0 Å². The third kappa shape index (κ3) is 3.84. The van der Waals surface area contributed by atoms with Crippen molar-refractivity contribution in [2.75, 3.05) is 29.9 Å². The number of nitrogens with one attached hydrogen (secondary N) is 1. The molecule has 2 rings (SSSR count). The molecule has 0 atom stereocenters. The second kappa shape index (κ2) is 7.81. The molecule has 0 radical (unpaired) electrons. The van der Waals surface area contributed by atoms with Gasteiger partial charge in [0, 0.05) is 25.0 Å². The molecule has 0 fully saturated rings. The van der Waals surface area contributed by atoms with Gasteiger partial charge in [0.25, 0.3) is 0 Å². The van der Waals surface area contributed by atoms with E-state index in [2.05, 4.69) is 54.2 Å². The first-order chi connectivity index (χ1) is 10.3. The average Bonchev–Trinajstić information content (AvgIpc) is 2.52. The van der Waals surface area contributed by atoms with Crippen LogP contribution in [0, 0.1) is 0 Å². The molecular weight excluding hydrogens is 260 g/mol. The molecule has 2 aromatic rings. The minimum atomic E-state index is 0.739. The summed E-state index contributed by atoms with van der Waals surface area (Å²) in [6, 6.07) is 8.28. The highest BCUT2D eigenvalue weighted by Gasteiger charge is 2.13. The van der Waals surface area contributed by atoms with Crippen molar-refractivity contribution in [2.24, 2.45) is 0 Å². The van der Waals surface area contributed by atoms with Gasteiger partial charge >= 0.3 is 0 Å². The highest BCUT2D eigenvalue weighted by molar-refractivity contribution is 5.90. The Bertz CT molecular complexity index is 562. The molecule has 21 heavy (non-hydrogen) atoms. The number of anilines is 2. The summed E-state index contributed by atoms with van der Waals surface area (Å²) in [5, 5.41) is 4.46. The number of fused-ring (bicyclic) bond motifs is 1. The Labute approximate surface area is 127 Å². The Morgan fingerprint density at radius 2 is 1.67 bits per heavy atom. The second-order valence-electron chi connectivity index (χ2n) is 5.30. The molecule has 1 aromatic heterocycles. The van der Waals surface area contributed by atoms with E-state index in [1.807, 2.05) is 6.07 Å². The quantitative estimate of drug-likeness (QED) is 0.794. The Morgan fingerprint density at radius 1 is 0.952 bits per heavy atom. The monoisotopic (exact) mass is 286 g/mol. The smallest absolute Gasteiger partial charge is 0.225 e. The predicted molar refractivity (Wildman–Crippen MR) is 91.1 cm³/mol. The van der Waals surface area contributed by atoms with Gasteiger partial charge < -0.3 is 10.2 Å². The third-order valence-electron chi connectivity index (χ3n) is 3.40. The van der Waals surface area contributed by atoms with Crippen LogP contribution in [0.2, 0.25) is 0 Å². The van der Waals surface area contributed by atoms with Crippen LogP contribution >= 0.6 is 0 Å². The summed E-state index contributed by atoms with van der Waals surface area (Å²) in [4.78, 5) is 11.8. The van der Waals surface area contributed by atoms with Crippen LogP contribution < -0.4 is 10.2 Å². The molecule has 1 N–H and O–H groups in total. The Kier molecular flexibility index (Phi) is 5.78. The standard InChI is InChI=1S/C17H26N4/c1-4-11-18-17-19-15-10-8-7-9-14(15)16(20-17)21(12-5-2)13-6-3/h7-10H,4-6,11-13H2,1-3H3,(H,18,19,20). The third-order valence-corrected chi connectivity index (χ3v) is 3.40. The molecule has 0 aliphatic rings. The zero-order valence-electron chi connectivity index (χ0n) is 13.4. The van der Waals surface area contributed by atoms with Crippen LogP contribution in [0.1, 0.15) is 40.0 Å². The molecule has 114 valence electrons. The highest BCUT2D eigenvalue weighted by Crippen LogP contribution is 2.25. The lowest BCUT2D eigenvalue weighted by Gasteiger charge is -2.24. The molecule has 0 aliphatic carbocycles. The molecule has 0 aliphatic heterocycles. The maximum absolute atomic E-state index is 4.78. The summed E-state index contributed by atoms with van der Waals surface area (Å²) in [5.41, 5.74) is 1.01. The van der Waals surface area contributed by atoms with E-state index in [1.54, 1.807) is 0 Å². The Balaban J connectivity index is 2.46. The van der Waals surface area contributed by atoms with Crippen molar-refractivity contribution in [3.05, 3.63) is 24.3 Å². The molecule has 1 heterocycles. The summed E-state index contributed by atoms with van der Waals surface area (Å²) in [5.74, 6) is 1.80. The van der Waals surface area contributed by atoms with Gasteiger partial charge in [-0.1, -0.05) is 32.9 Å². The van der Waals surface area contributed by atoms with E-state index in [4.69, 9.17) is 4.98 Å². The first-order valence-electron chi connectivity index (χ1n) is 8.05. The number of rotatable bonds is 8. The number of hydrogen-bond acceptors (Lipinski definition) is 4. The molecule has 0 saturated heterocycles. The van der Waals surface area contributed by atoms with Gasteiger partial charge in [-0.2, -0.15) is 4.98 Å². The molecule has 4 nitrogen and oxygen atoms in total. The van der Waals surface area contributed by atoms with Crippen molar-refractivity contribution in [3.8, 4) is 0 Å². The van der Waals surface area contributed by atoms with Gasteiger partial charge in [0.2, 0.25) is 5.95 Å². The molecule has 0 bridgehead atoms. The van der Waals surface area contributed by atoms with Gasteiger partial charge in [0.1, 0.15) is 5.82 Å². The number of nitrogens with zero attached hydrogens (tertiary/aromatic N) is 3. The van der Waals surface area contributed by atoms with E-state index in [-0.39, 0.29) is 0 Å². The average molecular weight is 286 g/mol. The highest BCUT2D eigenvalue weighted by atomic mass is 15.2.